The van der Waals surface area contributed by atoms with Gasteiger partial charge < -0.3 is 19.7 Å². The number of rotatable bonds is 1. The van der Waals surface area contributed by atoms with E-state index in [2.05, 4.69) is 6.07 Å². The Kier molecular flexibility index (Phi) is 5.82. The summed E-state index contributed by atoms with van der Waals surface area (Å²) in [6.45, 7) is 1.68. The zero-order chi connectivity index (χ0) is 15.2. The van der Waals surface area contributed by atoms with E-state index in [0.29, 0.717) is 11.7 Å². The van der Waals surface area contributed by atoms with Crippen LogP contribution in [-0.4, -0.2) is 30.5 Å². The molecule has 1 aliphatic rings. The van der Waals surface area contributed by atoms with Crippen molar-refractivity contribution in [1.29, 1.82) is 0 Å². The van der Waals surface area contributed by atoms with Crippen LogP contribution >= 0.6 is 0 Å². The van der Waals surface area contributed by atoms with Crippen LogP contribution < -0.4 is 5.11 Å². The highest BCUT2D eigenvalue weighted by Crippen LogP contribution is 2.27. The maximum absolute atomic E-state index is 10.5. The Balaban J connectivity index is 0.000000246. The zero-order valence-corrected chi connectivity index (χ0v) is 10.5. The minimum Gasteiger partial charge on any atom is -0.542 e. The van der Waals surface area contributed by atoms with Crippen molar-refractivity contribution in [3.05, 3.63) is 29.8 Å². The summed E-state index contributed by atoms with van der Waals surface area (Å²) >= 11 is 0. The van der Waals surface area contributed by atoms with E-state index in [9.17, 15) is 18.3 Å². The average molecular weight is 291 g/mol. The smallest absolute Gasteiger partial charge is 0.430 e. The van der Waals surface area contributed by atoms with Gasteiger partial charge in [0.1, 0.15) is 11.7 Å². The highest BCUT2D eigenvalue weighted by Gasteiger charge is 2.28. The van der Waals surface area contributed by atoms with Crippen molar-refractivity contribution in [3.8, 4) is 5.75 Å². The molecule has 1 heterocycles. The van der Waals surface area contributed by atoms with Gasteiger partial charge in [-0.05, 0) is 30.5 Å². The number of benzene rings is 1. The Morgan fingerprint density at radius 2 is 2.05 bits per heavy atom. The van der Waals surface area contributed by atoms with Crippen LogP contribution in [0.25, 0.3) is 0 Å². The number of phenols is 1. The molecule has 112 valence electrons. The van der Waals surface area contributed by atoms with Crippen molar-refractivity contribution in [3.63, 3.8) is 0 Å². The fraction of sp³-hybridized carbons (Fsp3) is 0.462. The van der Waals surface area contributed by atoms with E-state index < -0.39 is 12.1 Å². The van der Waals surface area contributed by atoms with E-state index in [1.54, 1.807) is 6.07 Å². The summed E-state index contributed by atoms with van der Waals surface area (Å²) in [5.74, 6) is -2.18. The fourth-order valence-corrected chi connectivity index (χ4v) is 1.78. The summed E-state index contributed by atoms with van der Waals surface area (Å²) < 4.78 is 36.9. The molecule has 0 saturated carbocycles. The van der Waals surface area contributed by atoms with Gasteiger partial charge in [0, 0.05) is 12.5 Å². The van der Waals surface area contributed by atoms with E-state index in [-0.39, 0.29) is 0 Å². The van der Waals surface area contributed by atoms with Crippen LogP contribution in [0.2, 0.25) is 0 Å². The Morgan fingerprint density at radius 1 is 1.40 bits per heavy atom. The highest BCUT2D eigenvalue weighted by molar-refractivity contribution is 5.70. The second-order valence-corrected chi connectivity index (χ2v) is 4.29. The predicted octanol–water partition coefficient (Wildman–Crippen LogP) is 1.58. The number of carbonyl (C=O) groups is 1. The average Bonchev–Trinajstić information content (AvgIpc) is 2.39. The standard InChI is InChI=1S/C11H14O2.C2HF3O2/c12-11-5-1-3-9(7-11)10-4-2-6-13-8-10;3-2(4,5)1(6)7/h1,3,5,7,10,12H,2,4,6,8H2;(H,6,7)/p-1. The molecule has 0 amide bonds. The van der Waals surface area contributed by atoms with E-state index in [1.807, 2.05) is 12.1 Å². The number of halogens is 3. The van der Waals surface area contributed by atoms with Crippen molar-refractivity contribution in [2.45, 2.75) is 24.9 Å². The molecule has 0 bridgehead atoms. The summed E-state index contributed by atoms with van der Waals surface area (Å²) in [6, 6.07) is 7.48. The molecule has 1 aromatic carbocycles. The normalized spacial score (nSPS) is 18.9. The molecule has 0 aliphatic carbocycles. The molecule has 0 radical (unpaired) electrons. The lowest BCUT2D eigenvalue weighted by Crippen LogP contribution is -2.37. The van der Waals surface area contributed by atoms with Crippen LogP contribution in [0.5, 0.6) is 5.75 Å². The number of carboxylic acid groups (broad SMARTS) is 1. The summed E-state index contributed by atoms with van der Waals surface area (Å²) in [4.78, 5) is 8.78. The lowest BCUT2D eigenvalue weighted by atomic mass is 9.93. The number of aromatic hydroxyl groups is 1. The topological polar surface area (TPSA) is 69.6 Å². The molecule has 0 spiro atoms. The Hall–Kier alpha value is -1.76. The number of aliphatic carboxylic acids is 1. The second kappa shape index (κ2) is 7.14. The number of hydrogen-bond donors (Lipinski definition) is 1. The third-order valence-corrected chi connectivity index (χ3v) is 2.73. The summed E-state index contributed by atoms with van der Waals surface area (Å²) in [7, 11) is 0. The molecule has 0 aromatic heterocycles. The molecule has 7 heteroatoms. The number of hydrogen-bond acceptors (Lipinski definition) is 4. The van der Waals surface area contributed by atoms with Gasteiger partial charge >= 0.3 is 6.18 Å². The molecule has 1 unspecified atom stereocenters. The van der Waals surface area contributed by atoms with Crippen LogP contribution in [0.1, 0.15) is 24.3 Å². The van der Waals surface area contributed by atoms with Gasteiger partial charge in [-0.15, -0.1) is 0 Å². The maximum atomic E-state index is 10.5. The first-order chi connectivity index (χ1) is 9.30. The lowest BCUT2D eigenvalue weighted by molar-refractivity contribution is -0.344. The Bertz CT molecular complexity index is 439. The molecule has 20 heavy (non-hydrogen) atoms. The molecule has 1 aliphatic heterocycles. The van der Waals surface area contributed by atoms with Crippen molar-refractivity contribution in [1.82, 2.24) is 0 Å². The van der Waals surface area contributed by atoms with Crippen molar-refractivity contribution >= 4 is 5.97 Å². The van der Waals surface area contributed by atoms with E-state index in [4.69, 9.17) is 14.6 Å². The molecule has 1 saturated heterocycles. The first-order valence-corrected chi connectivity index (χ1v) is 5.95. The SMILES string of the molecule is O=C([O-])C(F)(F)F.Oc1cccc(C2CCCOC2)c1. The molecule has 1 aromatic rings. The molecular weight excluding hydrogens is 277 g/mol. The van der Waals surface area contributed by atoms with Gasteiger partial charge in [0.15, 0.2) is 0 Å². The van der Waals surface area contributed by atoms with Crippen LogP contribution in [0.15, 0.2) is 24.3 Å². The summed E-state index contributed by atoms with van der Waals surface area (Å²) in [5.41, 5.74) is 1.19. The fourth-order valence-electron chi connectivity index (χ4n) is 1.78. The third kappa shape index (κ3) is 5.48. The molecule has 2 rings (SSSR count). The van der Waals surface area contributed by atoms with E-state index in [0.717, 1.165) is 19.6 Å². The van der Waals surface area contributed by atoms with Gasteiger partial charge in [-0.25, -0.2) is 0 Å². The number of phenolic OH excluding ortho intramolecular Hbond substituents is 1. The van der Waals surface area contributed by atoms with Crippen LogP contribution in [-0.2, 0) is 9.53 Å². The monoisotopic (exact) mass is 291 g/mol. The van der Waals surface area contributed by atoms with Crippen molar-refractivity contribution < 1.29 is 32.9 Å². The van der Waals surface area contributed by atoms with E-state index >= 15 is 0 Å². The lowest BCUT2D eigenvalue weighted by Gasteiger charge is -2.22. The number of carbonyl (C=O) groups excluding carboxylic acids is 1. The largest absolute Gasteiger partial charge is 0.542 e. The molecule has 1 N–H and O–H groups in total. The maximum Gasteiger partial charge on any atom is 0.430 e. The van der Waals surface area contributed by atoms with Gasteiger partial charge in [-0.3, -0.25) is 0 Å². The molecule has 1 fully saturated rings. The van der Waals surface area contributed by atoms with Gasteiger partial charge in [0.05, 0.1) is 6.61 Å². The number of carboxylic acids is 1. The van der Waals surface area contributed by atoms with Gasteiger partial charge in [-0.2, -0.15) is 13.2 Å². The third-order valence-electron chi connectivity index (χ3n) is 2.73. The number of ether oxygens (including phenoxy) is 1. The number of alkyl halides is 3. The highest BCUT2D eigenvalue weighted by atomic mass is 19.4. The summed E-state index contributed by atoms with van der Waals surface area (Å²) in [5, 5.41) is 18.1. The van der Waals surface area contributed by atoms with E-state index in [1.165, 1.54) is 12.0 Å². The molecular formula is C13H14F3O4-. The van der Waals surface area contributed by atoms with Gasteiger partial charge in [0.2, 0.25) is 0 Å². The van der Waals surface area contributed by atoms with Crippen molar-refractivity contribution in [2.75, 3.05) is 13.2 Å². The van der Waals surface area contributed by atoms with Gasteiger partial charge in [0.25, 0.3) is 0 Å². The quantitative estimate of drug-likeness (QED) is 0.853. The zero-order valence-electron chi connectivity index (χ0n) is 10.5. The van der Waals surface area contributed by atoms with Gasteiger partial charge in [-0.1, -0.05) is 12.1 Å². The second-order valence-electron chi connectivity index (χ2n) is 4.29. The summed E-state index contributed by atoms with van der Waals surface area (Å²) in [6.07, 6.45) is -2.90. The predicted molar refractivity (Wildman–Crippen MR) is 62.0 cm³/mol. The van der Waals surface area contributed by atoms with Crippen LogP contribution in [0.3, 0.4) is 0 Å². The first-order valence-electron chi connectivity index (χ1n) is 5.95. The minimum absolute atomic E-state index is 0.350. The van der Waals surface area contributed by atoms with Crippen LogP contribution in [0, 0.1) is 0 Å². The van der Waals surface area contributed by atoms with Crippen LogP contribution in [0.4, 0.5) is 13.2 Å². The first kappa shape index (κ1) is 16.3. The van der Waals surface area contributed by atoms with Crippen molar-refractivity contribution in [2.24, 2.45) is 0 Å². The Morgan fingerprint density at radius 3 is 2.50 bits per heavy atom. The molecule has 4 nitrogen and oxygen atoms in total. The molecule has 1 atom stereocenters. The Labute approximate surface area is 113 Å². The minimum atomic E-state index is -5.19.